The summed E-state index contributed by atoms with van der Waals surface area (Å²) in [5.74, 6) is -1.86. The van der Waals surface area contributed by atoms with Crippen molar-refractivity contribution in [2.75, 3.05) is 25.0 Å². The Kier molecular flexibility index (Phi) is 6.70. The van der Waals surface area contributed by atoms with E-state index in [1.165, 1.54) is 11.6 Å². The van der Waals surface area contributed by atoms with Gasteiger partial charge in [-0.3, -0.25) is 14.5 Å². The van der Waals surface area contributed by atoms with Crippen LogP contribution in [0.2, 0.25) is 0 Å². The number of nitrogens with zero attached hydrogens (tertiary/aromatic N) is 1. The molecule has 0 aliphatic carbocycles. The van der Waals surface area contributed by atoms with Crippen molar-refractivity contribution in [2.45, 2.75) is 39.7 Å². The van der Waals surface area contributed by atoms with Crippen molar-refractivity contribution in [3.63, 3.8) is 0 Å². The fraction of sp³-hybridized carbons (Fsp3) is 0.474. The molecule has 1 saturated heterocycles. The number of aryl methyl sites for hydroxylation is 1. The molecule has 2 N–H and O–H groups in total. The number of nitrogens with one attached hydrogen (secondary N) is 2. The summed E-state index contributed by atoms with van der Waals surface area (Å²) in [6, 6.07) is 4.34. The van der Waals surface area contributed by atoms with E-state index in [2.05, 4.69) is 35.5 Å². The number of piperidine rings is 1. The van der Waals surface area contributed by atoms with E-state index in [0.717, 1.165) is 32.5 Å². The predicted molar refractivity (Wildman–Crippen MR) is 96.8 cm³/mol. The molecule has 136 valence electrons. The monoisotopic (exact) mass is 347 g/mol. The molecule has 1 heterocycles. The van der Waals surface area contributed by atoms with Gasteiger partial charge >= 0.3 is 11.8 Å². The average molecular weight is 347 g/mol. The number of anilines is 1. The molecule has 0 bridgehead atoms. The lowest BCUT2D eigenvalue weighted by Gasteiger charge is -2.31. The Balaban J connectivity index is 1.79. The summed E-state index contributed by atoms with van der Waals surface area (Å²) in [6.07, 6.45) is 3.82. The van der Waals surface area contributed by atoms with E-state index in [-0.39, 0.29) is 11.7 Å². The van der Waals surface area contributed by atoms with Gasteiger partial charge in [0.25, 0.3) is 0 Å². The van der Waals surface area contributed by atoms with E-state index in [0.29, 0.717) is 5.56 Å². The Hall–Kier alpha value is -2.21. The van der Waals surface area contributed by atoms with Crippen molar-refractivity contribution < 1.29 is 14.0 Å². The highest BCUT2D eigenvalue weighted by Gasteiger charge is 2.23. The van der Waals surface area contributed by atoms with E-state index in [1.54, 1.807) is 19.1 Å². The third-order valence-corrected chi connectivity index (χ3v) is 4.32. The van der Waals surface area contributed by atoms with Crippen LogP contribution in [0.3, 0.4) is 0 Å². The van der Waals surface area contributed by atoms with Crippen LogP contribution in [0, 0.1) is 12.7 Å². The minimum Gasteiger partial charge on any atom is -0.345 e. The van der Waals surface area contributed by atoms with Gasteiger partial charge < -0.3 is 10.6 Å². The number of carbonyl (C=O) groups excluding carboxylic acids is 2. The number of amides is 2. The fourth-order valence-corrected chi connectivity index (χ4v) is 2.68. The fourth-order valence-electron chi connectivity index (χ4n) is 2.68. The topological polar surface area (TPSA) is 61.4 Å². The molecule has 5 nitrogen and oxygen atoms in total. The van der Waals surface area contributed by atoms with E-state index in [9.17, 15) is 14.0 Å². The van der Waals surface area contributed by atoms with Crippen LogP contribution in [-0.2, 0) is 9.59 Å². The van der Waals surface area contributed by atoms with Gasteiger partial charge in [-0.2, -0.15) is 0 Å². The molecule has 0 unspecified atom stereocenters. The van der Waals surface area contributed by atoms with Crippen LogP contribution in [-0.4, -0.2) is 42.4 Å². The maximum Gasteiger partial charge on any atom is 0.313 e. The molecule has 0 saturated carbocycles. The number of allylic oxidation sites excluding steroid dienone is 1. The van der Waals surface area contributed by atoms with Crippen molar-refractivity contribution in [2.24, 2.45) is 0 Å². The van der Waals surface area contributed by atoms with E-state index in [1.807, 2.05) is 0 Å². The van der Waals surface area contributed by atoms with Crippen molar-refractivity contribution in [1.82, 2.24) is 10.2 Å². The lowest BCUT2D eigenvalue weighted by Crippen LogP contribution is -2.47. The van der Waals surface area contributed by atoms with Gasteiger partial charge in [-0.25, -0.2) is 4.39 Å². The zero-order valence-corrected chi connectivity index (χ0v) is 15.1. The largest absolute Gasteiger partial charge is 0.345 e. The zero-order valence-electron chi connectivity index (χ0n) is 15.1. The number of likely N-dealkylation sites (tertiary alicyclic amines) is 1. The second-order valence-corrected chi connectivity index (χ2v) is 6.75. The molecule has 0 aromatic heterocycles. The molecule has 6 heteroatoms. The standard InChI is InChI=1S/C19H26FN3O2/c1-13(2)6-9-23-10-7-15(8-11-23)21-18(24)19(25)22-16-5-4-14(3)17(20)12-16/h4-6,12,15H,7-11H2,1-3H3,(H,21,24)(H,22,25). The second kappa shape index (κ2) is 8.76. The normalized spacial score (nSPS) is 15.5. The van der Waals surface area contributed by atoms with Crippen LogP contribution < -0.4 is 10.6 Å². The van der Waals surface area contributed by atoms with E-state index >= 15 is 0 Å². The van der Waals surface area contributed by atoms with Crippen LogP contribution in [0.5, 0.6) is 0 Å². The number of benzene rings is 1. The average Bonchev–Trinajstić information content (AvgIpc) is 2.57. The highest BCUT2D eigenvalue weighted by atomic mass is 19.1. The maximum absolute atomic E-state index is 13.5. The summed E-state index contributed by atoms with van der Waals surface area (Å²) >= 11 is 0. The van der Waals surface area contributed by atoms with Crippen LogP contribution >= 0.6 is 0 Å². The third-order valence-electron chi connectivity index (χ3n) is 4.32. The Morgan fingerprint density at radius 1 is 1.24 bits per heavy atom. The molecular weight excluding hydrogens is 321 g/mol. The molecule has 0 radical (unpaired) electrons. The lowest BCUT2D eigenvalue weighted by molar-refractivity contribution is -0.136. The zero-order chi connectivity index (χ0) is 18.4. The summed E-state index contributed by atoms with van der Waals surface area (Å²) in [5, 5.41) is 5.20. The summed E-state index contributed by atoms with van der Waals surface area (Å²) < 4.78 is 13.5. The van der Waals surface area contributed by atoms with Crippen molar-refractivity contribution in [3.05, 3.63) is 41.2 Å². The number of hydrogen-bond acceptors (Lipinski definition) is 3. The summed E-state index contributed by atoms with van der Waals surface area (Å²) in [7, 11) is 0. The van der Waals surface area contributed by atoms with Crippen molar-refractivity contribution in [3.8, 4) is 0 Å². The summed E-state index contributed by atoms with van der Waals surface area (Å²) in [5.41, 5.74) is 2.06. The van der Waals surface area contributed by atoms with E-state index in [4.69, 9.17) is 0 Å². The number of carbonyl (C=O) groups is 2. The number of halogens is 1. The van der Waals surface area contributed by atoms with Crippen LogP contribution in [0.4, 0.5) is 10.1 Å². The summed E-state index contributed by atoms with van der Waals surface area (Å²) in [4.78, 5) is 26.3. The first kappa shape index (κ1) is 19.1. The van der Waals surface area contributed by atoms with Gasteiger partial charge in [0.1, 0.15) is 5.82 Å². The van der Waals surface area contributed by atoms with Gasteiger partial charge in [-0.15, -0.1) is 0 Å². The van der Waals surface area contributed by atoms with Gasteiger partial charge in [-0.05, 0) is 51.3 Å². The van der Waals surface area contributed by atoms with Gasteiger partial charge in [-0.1, -0.05) is 17.7 Å². The Labute approximate surface area is 148 Å². The SMILES string of the molecule is CC(C)=CCN1CCC(NC(=O)C(=O)Nc2ccc(C)c(F)c2)CC1. The van der Waals surface area contributed by atoms with Gasteiger partial charge in [0, 0.05) is 31.4 Å². The molecular formula is C19H26FN3O2. The molecule has 25 heavy (non-hydrogen) atoms. The minimum absolute atomic E-state index is 0.00374. The van der Waals surface area contributed by atoms with Crippen LogP contribution in [0.25, 0.3) is 0 Å². The first-order valence-corrected chi connectivity index (χ1v) is 8.59. The Morgan fingerprint density at radius 2 is 1.92 bits per heavy atom. The van der Waals surface area contributed by atoms with E-state index < -0.39 is 17.6 Å². The first-order chi connectivity index (χ1) is 11.8. The second-order valence-electron chi connectivity index (χ2n) is 6.75. The van der Waals surface area contributed by atoms with Gasteiger partial charge in [0.05, 0.1) is 0 Å². The predicted octanol–water partition coefficient (Wildman–Crippen LogP) is 2.62. The number of rotatable bonds is 4. The molecule has 0 spiro atoms. The van der Waals surface area contributed by atoms with Gasteiger partial charge in [0.2, 0.25) is 0 Å². The smallest absolute Gasteiger partial charge is 0.313 e. The van der Waals surface area contributed by atoms with Crippen LogP contribution in [0.15, 0.2) is 29.8 Å². The van der Waals surface area contributed by atoms with Crippen LogP contribution in [0.1, 0.15) is 32.3 Å². The Bertz CT molecular complexity index is 661. The number of hydrogen-bond donors (Lipinski definition) is 2. The highest BCUT2D eigenvalue weighted by Crippen LogP contribution is 2.14. The molecule has 1 aromatic rings. The van der Waals surface area contributed by atoms with Crippen molar-refractivity contribution in [1.29, 1.82) is 0 Å². The molecule has 2 amide bonds. The first-order valence-electron chi connectivity index (χ1n) is 8.59. The molecule has 0 atom stereocenters. The molecule has 1 aromatic carbocycles. The quantitative estimate of drug-likeness (QED) is 0.650. The Morgan fingerprint density at radius 3 is 2.52 bits per heavy atom. The minimum atomic E-state index is -0.768. The maximum atomic E-state index is 13.5. The molecule has 1 aliphatic heterocycles. The molecule has 1 aliphatic rings. The van der Waals surface area contributed by atoms with Gasteiger partial charge in [0.15, 0.2) is 0 Å². The molecule has 2 rings (SSSR count). The highest BCUT2D eigenvalue weighted by molar-refractivity contribution is 6.39. The lowest BCUT2D eigenvalue weighted by atomic mass is 10.0. The third kappa shape index (κ3) is 5.98. The summed E-state index contributed by atoms with van der Waals surface area (Å²) in [6.45, 7) is 8.48. The molecule has 1 fully saturated rings. The van der Waals surface area contributed by atoms with Crippen molar-refractivity contribution >= 4 is 17.5 Å².